The van der Waals surface area contributed by atoms with E-state index in [9.17, 15) is 4.79 Å². The molecule has 0 fully saturated rings. The summed E-state index contributed by atoms with van der Waals surface area (Å²) in [4.78, 5) is 11.3. The Kier molecular flexibility index (Phi) is 10.9. The van der Waals surface area contributed by atoms with Gasteiger partial charge >= 0.3 is 5.97 Å². The highest BCUT2D eigenvalue weighted by Crippen LogP contribution is 2.27. The number of unbranched alkanes of at least 4 members (excludes halogenated alkanes) is 2. The number of esters is 1. The molecule has 0 spiro atoms. The molecule has 0 aromatic rings. The zero-order valence-corrected chi connectivity index (χ0v) is 14.1. The minimum atomic E-state index is -0.302. The molecule has 19 heavy (non-hydrogen) atoms. The van der Waals surface area contributed by atoms with Crippen molar-refractivity contribution in [2.75, 3.05) is 7.11 Å². The van der Waals surface area contributed by atoms with E-state index < -0.39 is 0 Å². The Hall–Kier alpha value is -0.570. The van der Waals surface area contributed by atoms with Crippen LogP contribution >= 0.6 is 15.9 Å². The first-order valence-electron chi connectivity index (χ1n) is 7.19. The highest BCUT2D eigenvalue weighted by Gasteiger charge is 2.09. The third-order valence-electron chi connectivity index (χ3n) is 3.17. The van der Waals surface area contributed by atoms with Crippen LogP contribution in [0.25, 0.3) is 0 Å². The number of rotatable bonds is 10. The summed E-state index contributed by atoms with van der Waals surface area (Å²) in [6.45, 7) is 8.19. The highest BCUT2D eigenvalue weighted by atomic mass is 79.9. The van der Waals surface area contributed by atoms with Gasteiger partial charge in [-0.1, -0.05) is 54.8 Å². The maximum atomic E-state index is 11.3. The van der Waals surface area contributed by atoms with Crippen LogP contribution in [-0.4, -0.2) is 13.1 Å². The standard InChI is InChI=1S/C16H27BrO2/c1-5-7-9-14(10-8-6-2)15(17)12-11-13(3)16(18)19-4/h3,5-12H2,1-2,4H3. The summed E-state index contributed by atoms with van der Waals surface area (Å²) in [5.41, 5.74) is 2.05. The van der Waals surface area contributed by atoms with E-state index >= 15 is 0 Å². The van der Waals surface area contributed by atoms with E-state index in [4.69, 9.17) is 0 Å². The SMILES string of the molecule is C=C(CCC(Br)=C(CCCC)CCCC)C(=O)OC. The largest absolute Gasteiger partial charge is 0.466 e. The molecule has 0 aromatic heterocycles. The van der Waals surface area contributed by atoms with Crippen LogP contribution in [-0.2, 0) is 9.53 Å². The maximum Gasteiger partial charge on any atom is 0.333 e. The van der Waals surface area contributed by atoms with E-state index in [1.807, 2.05) is 0 Å². The second kappa shape index (κ2) is 11.3. The van der Waals surface area contributed by atoms with Gasteiger partial charge in [-0.25, -0.2) is 4.79 Å². The Morgan fingerprint density at radius 1 is 1.05 bits per heavy atom. The smallest absolute Gasteiger partial charge is 0.333 e. The number of ether oxygens (including phenoxy) is 1. The lowest BCUT2D eigenvalue weighted by Gasteiger charge is -2.11. The van der Waals surface area contributed by atoms with Gasteiger partial charge in [-0.3, -0.25) is 0 Å². The molecule has 0 heterocycles. The molecule has 0 aliphatic carbocycles. The van der Waals surface area contributed by atoms with Crippen molar-refractivity contribution in [3.8, 4) is 0 Å². The van der Waals surface area contributed by atoms with E-state index in [1.54, 1.807) is 0 Å². The van der Waals surface area contributed by atoms with Crippen molar-refractivity contribution in [1.82, 2.24) is 0 Å². The fraction of sp³-hybridized carbons (Fsp3) is 0.688. The first-order chi connectivity index (χ1) is 9.06. The average molecular weight is 331 g/mol. The van der Waals surface area contributed by atoms with Crippen molar-refractivity contribution in [2.45, 2.75) is 65.2 Å². The lowest BCUT2D eigenvalue weighted by atomic mass is 10.0. The second-order valence-electron chi connectivity index (χ2n) is 4.81. The van der Waals surface area contributed by atoms with Crippen LogP contribution in [0.1, 0.15) is 65.2 Å². The molecule has 0 saturated heterocycles. The third-order valence-corrected chi connectivity index (χ3v) is 4.13. The Labute approximate surface area is 126 Å². The van der Waals surface area contributed by atoms with Crippen LogP contribution in [0.5, 0.6) is 0 Å². The van der Waals surface area contributed by atoms with Crippen molar-refractivity contribution >= 4 is 21.9 Å². The molecule has 0 unspecified atom stereocenters. The van der Waals surface area contributed by atoms with Gasteiger partial charge in [-0.05, 0) is 43.0 Å². The van der Waals surface area contributed by atoms with Gasteiger partial charge < -0.3 is 4.74 Å². The summed E-state index contributed by atoms with van der Waals surface area (Å²) in [5, 5.41) is 0. The van der Waals surface area contributed by atoms with Crippen molar-refractivity contribution in [2.24, 2.45) is 0 Å². The molecule has 3 heteroatoms. The fourth-order valence-electron chi connectivity index (χ4n) is 1.86. The number of halogens is 1. The summed E-state index contributed by atoms with van der Waals surface area (Å²) < 4.78 is 5.91. The Morgan fingerprint density at radius 3 is 2.00 bits per heavy atom. The van der Waals surface area contributed by atoms with E-state index in [-0.39, 0.29) is 5.97 Å². The molecule has 0 amide bonds. The number of carbonyl (C=O) groups excluding carboxylic acids is 1. The summed E-state index contributed by atoms with van der Waals surface area (Å²) in [7, 11) is 1.40. The van der Waals surface area contributed by atoms with Crippen LogP contribution < -0.4 is 0 Å². The number of carbonyl (C=O) groups is 1. The van der Waals surface area contributed by atoms with Gasteiger partial charge in [0.05, 0.1) is 7.11 Å². The van der Waals surface area contributed by atoms with Gasteiger partial charge in [-0.15, -0.1) is 0 Å². The Bertz CT molecular complexity index is 309. The van der Waals surface area contributed by atoms with E-state index in [1.165, 1.54) is 42.8 Å². The van der Waals surface area contributed by atoms with Gasteiger partial charge in [0.2, 0.25) is 0 Å². The third kappa shape index (κ3) is 8.25. The van der Waals surface area contributed by atoms with Crippen LogP contribution in [0, 0.1) is 0 Å². The van der Waals surface area contributed by atoms with E-state index in [2.05, 4.69) is 41.1 Å². The normalized spacial score (nSPS) is 10.1. The molecular formula is C16H27BrO2. The van der Waals surface area contributed by atoms with E-state index in [0.717, 1.165) is 19.3 Å². The highest BCUT2D eigenvalue weighted by molar-refractivity contribution is 9.11. The topological polar surface area (TPSA) is 26.3 Å². The summed E-state index contributed by atoms with van der Waals surface area (Å²) in [5.74, 6) is -0.302. The molecule has 0 rings (SSSR count). The molecule has 110 valence electrons. The lowest BCUT2D eigenvalue weighted by molar-refractivity contribution is -0.136. The predicted molar refractivity (Wildman–Crippen MR) is 85.4 cm³/mol. The number of allylic oxidation sites excluding steroid dienone is 2. The number of hydrogen-bond donors (Lipinski definition) is 0. The molecule has 0 N–H and O–H groups in total. The number of hydrogen-bond acceptors (Lipinski definition) is 2. The van der Waals surface area contributed by atoms with Crippen molar-refractivity contribution in [3.63, 3.8) is 0 Å². The maximum absolute atomic E-state index is 11.3. The average Bonchev–Trinajstić information content (AvgIpc) is 2.43. The van der Waals surface area contributed by atoms with Crippen LogP contribution in [0.4, 0.5) is 0 Å². The minimum absolute atomic E-state index is 0.302. The van der Waals surface area contributed by atoms with Crippen molar-refractivity contribution < 1.29 is 9.53 Å². The molecule has 0 aliphatic heterocycles. The van der Waals surface area contributed by atoms with Gasteiger partial charge in [-0.2, -0.15) is 0 Å². The van der Waals surface area contributed by atoms with Crippen LogP contribution in [0.3, 0.4) is 0 Å². The van der Waals surface area contributed by atoms with Crippen molar-refractivity contribution in [3.05, 3.63) is 22.2 Å². The summed E-state index contributed by atoms with van der Waals surface area (Å²) >= 11 is 3.69. The fourth-order valence-corrected chi connectivity index (χ4v) is 2.46. The molecule has 0 radical (unpaired) electrons. The lowest BCUT2D eigenvalue weighted by Crippen LogP contribution is -2.03. The zero-order valence-electron chi connectivity index (χ0n) is 12.6. The first kappa shape index (κ1) is 18.4. The van der Waals surface area contributed by atoms with Crippen molar-refractivity contribution in [1.29, 1.82) is 0 Å². The molecule has 0 bridgehead atoms. The summed E-state index contributed by atoms with van der Waals surface area (Å²) in [6, 6.07) is 0. The Morgan fingerprint density at radius 2 is 1.58 bits per heavy atom. The van der Waals surface area contributed by atoms with E-state index in [0.29, 0.717) is 12.0 Å². The minimum Gasteiger partial charge on any atom is -0.466 e. The van der Waals surface area contributed by atoms with Gasteiger partial charge in [0.15, 0.2) is 0 Å². The number of methoxy groups -OCH3 is 1. The summed E-state index contributed by atoms with van der Waals surface area (Å²) in [6.07, 6.45) is 8.70. The second-order valence-corrected chi connectivity index (χ2v) is 5.77. The quantitative estimate of drug-likeness (QED) is 0.389. The van der Waals surface area contributed by atoms with Gasteiger partial charge in [0.25, 0.3) is 0 Å². The van der Waals surface area contributed by atoms with Crippen LogP contribution in [0.2, 0.25) is 0 Å². The molecule has 0 atom stereocenters. The zero-order chi connectivity index (χ0) is 14.7. The predicted octanol–water partition coefficient (Wildman–Crippen LogP) is 5.53. The molecule has 0 saturated carbocycles. The molecular weight excluding hydrogens is 304 g/mol. The van der Waals surface area contributed by atoms with Gasteiger partial charge in [0, 0.05) is 5.57 Å². The monoisotopic (exact) mass is 330 g/mol. The van der Waals surface area contributed by atoms with Gasteiger partial charge in [0.1, 0.15) is 0 Å². The molecule has 0 aliphatic rings. The van der Waals surface area contributed by atoms with Crippen LogP contribution in [0.15, 0.2) is 22.2 Å². The molecule has 2 nitrogen and oxygen atoms in total. The molecule has 0 aromatic carbocycles. The Balaban J connectivity index is 4.46. The first-order valence-corrected chi connectivity index (χ1v) is 7.98.